The van der Waals surface area contributed by atoms with E-state index in [0.29, 0.717) is 24.1 Å². The predicted octanol–water partition coefficient (Wildman–Crippen LogP) is 2.93. The number of halogens is 2. The highest BCUT2D eigenvalue weighted by Gasteiger charge is 2.31. The van der Waals surface area contributed by atoms with Crippen LogP contribution in [0, 0.1) is 17.6 Å². The summed E-state index contributed by atoms with van der Waals surface area (Å²) in [4.78, 5) is 2.40. The first-order valence-corrected chi connectivity index (χ1v) is 7.61. The van der Waals surface area contributed by atoms with Gasteiger partial charge in [0.15, 0.2) is 0 Å². The monoisotopic (exact) mass is 280 g/mol. The lowest BCUT2D eigenvalue weighted by Gasteiger charge is -2.30. The second kappa shape index (κ2) is 6.19. The van der Waals surface area contributed by atoms with Gasteiger partial charge in [0, 0.05) is 30.8 Å². The van der Waals surface area contributed by atoms with Gasteiger partial charge < -0.3 is 5.32 Å². The van der Waals surface area contributed by atoms with Crippen LogP contribution in [0.4, 0.5) is 8.78 Å². The molecule has 1 aliphatic heterocycles. The number of rotatable bonds is 5. The van der Waals surface area contributed by atoms with Crippen LogP contribution in [0.5, 0.6) is 0 Å². The Bertz CT molecular complexity index is 454. The molecule has 20 heavy (non-hydrogen) atoms. The smallest absolute Gasteiger partial charge is 0.130 e. The maximum Gasteiger partial charge on any atom is 0.130 e. The number of nitrogens with zero attached hydrogens (tertiary/aromatic N) is 1. The molecule has 1 aromatic rings. The Balaban J connectivity index is 1.64. The molecule has 1 saturated carbocycles. The normalized spacial score (nSPS) is 20.6. The van der Waals surface area contributed by atoms with Crippen LogP contribution in [0.25, 0.3) is 0 Å². The van der Waals surface area contributed by atoms with Crippen molar-refractivity contribution in [1.82, 2.24) is 10.2 Å². The molecular formula is C16H22F2N2. The second-order valence-corrected chi connectivity index (χ2v) is 6.09. The molecule has 2 aliphatic rings. The van der Waals surface area contributed by atoms with E-state index in [1.807, 2.05) is 0 Å². The van der Waals surface area contributed by atoms with Gasteiger partial charge in [-0.15, -0.1) is 0 Å². The minimum absolute atomic E-state index is 0.416. The fourth-order valence-electron chi connectivity index (χ4n) is 3.05. The molecule has 1 heterocycles. The first kappa shape index (κ1) is 14.0. The van der Waals surface area contributed by atoms with E-state index in [1.165, 1.54) is 31.7 Å². The molecule has 1 saturated heterocycles. The first-order chi connectivity index (χ1) is 9.72. The van der Waals surface area contributed by atoms with Crippen LogP contribution in [0.3, 0.4) is 0 Å². The molecule has 0 bridgehead atoms. The maximum atomic E-state index is 13.8. The molecule has 2 nitrogen and oxygen atoms in total. The molecule has 0 aromatic heterocycles. The van der Waals surface area contributed by atoms with E-state index in [4.69, 9.17) is 0 Å². The molecule has 0 radical (unpaired) electrons. The molecule has 1 aliphatic carbocycles. The third-order valence-electron chi connectivity index (χ3n) is 4.40. The summed E-state index contributed by atoms with van der Waals surface area (Å²) >= 11 is 0. The number of hydrogen-bond acceptors (Lipinski definition) is 2. The van der Waals surface area contributed by atoms with E-state index in [0.717, 1.165) is 25.7 Å². The van der Waals surface area contributed by atoms with Crippen LogP contribution >= 0.6 is 0 Å². The molecule has 2 fully saturated rings. The standard InChI is InChI=1S/C16H22F2N2/c17-14-2-1-13(16(18)9-14)11-20(15-3-4-15)10-12-5-7-19-8-6-12/h1-2,9,12,15,19H,3-8,10-11H2. The van der Waals surface area contributed by atoms with Crippen molar-refractivity contribution in [3.63, 3.8) is 0 Å². The Labute approximate surface area is 119 Å². The van der Waals surface area contributed by atoms with Crippen LogP contribution < -0.4 is 5.32 Å². The lowest BCUT2D eigenvalue weighted by molar-refractivity contribution is 0.188. The number of hydrogen-bond donors (Lipinski definition) is 1. The topological polar surface area (TPSA) is 15.3 Å². The summed E-state index contributed by atoms with van der Waals surface area (Å²) < 4.78 is 26.8. The summed E-state index contributed by atoms with van der Waals surface area (Å²) in [6.07, 6.45) is 4.84. The summed E-state index contributed by atoms with van der Waals surface area (Å²) in [7, 11) is 0. The van der Waals surface area contributed by atoms with Crippen LogP contribution in [-0.4, -0.2) is 30.6 Å². The molecule has 1 N–H and O–H groups in total. The zero-order valence-electron chi connectivity index (χ0n) is 11.7. The molecule has 0 amide bonds. The third kappa shape index (κ3) is 3.55. The maximum absolute atomic E-state index is 13.8. The van der Waals surface area contributed by atoms with Gasteiger partial charge in [-0.1, -0.05) is 6.07 Å². The van der Waals surface area contributed by atoms with Crippen molar-refractivity contribution in [1.29, 1.82) is 0 Å². The van der Waals surface area contributed by atoms with Gasteiger partial charge in [-0.3, -0.25) is 4.90 Å². The Morgan fingerprint density at radius 2 is 1.85 bits per heavy atom. The Kier molecular flexibility index (Phi) is 4.32. The zero-order chi connectivity index (χ0) is 13.9. The zero-order valence-corrected chi connectivity index (χ0v) is 11.7. The van der Waals surface area contributed by atoms with E-state index in [-0.39, 0.29) is 0 Å². The number of nitrogens with one attached hydrogen (secondary N) is 1. The molecule has 4 heteroatoms. The molecule has 110 valence electrons. The Morgan fingerprint density at radius 1 is 1.10 bits per heavy atom. The van der Waals surface area contributed by atoms with Crippen molar-refractivity contribution >= 4 is 0 Å². The minimum atomic E-state index is -0.498. The van der Waals surface area contributed by atoms with Gasteiger partial charge in [-0.05, 0) is 50.8 Å². The van der Waals surface area contributed by atoms with Crippen molar-refractivity contribution in [2.75, 3.05) is 19.6 Å². The largest absolute Gasteiger partial charge is 0.317 e. The summed E-state index contributed by atoms with van der Waals surface area (Å²) in [6.45, 7) is 3.84. The highest BCUT2D eigenvalue weighted by molar-refractivity contribution is 5.18. The fraction of sp³-hybridized carbons (Fsp3) is 0.625. The lowest BCUT2D eigenvalue weighted by atomic mass is 9.97. The number of piperidine rings is 1. The predicted molar refractivity (Wildman–Crippen MR) is 75.4 cm³/mol. The van der Waals surface area contributed by atoms with Gasteiger partial charge in [0.25, 0.3) is 0 Å². The van der Waals surface area contributed by atoms with Gasteiger partial charge in [0.05, 0.1) is 0 Å². The van der Waals surface area contributed by atoms with Gasteiger partial charge in [0.1, 0.15) is 11.6 Å². The van der Waals surface area contributed by atoms with E-state index < -0.39 is 11.6 Å². The average Bonchev–Trinajstić information content (AvgIpc) is 3.26. The molecular weight excluding hydrogens is 258 g/mol. The third-order valence-corrected chi connectivity index (χ3v) is 4.40. The SMILES string of the molecule is Fc1ccc(CN(CC2CCNCC2)C2CC2)c(F)c1. The van der Waals surface area contributed by atoms with Crippen molar-refractivity contribution in [3.05, 3.63) is 35.4 Å². The van der Waals surface area contributed by atoms with E-state index >= 15 is 0 Å². The highest BCUT2D eigenvalue weighted by atomic mass is 19.1. The van der Waals surface area contributed by atoms with Crippen LogP contribution in [0.1, 0.15) is 31.2 Å². The van der Waals surface area contributed by atoms with Crippen LogP contribution in [-0.2, 0) is 6.54 Å². The lowest BCUT2D eigenvalue weighted by Crippen LogP contribution is -2.37. The molecule has 0 spiro atoms. The Hall–Kier alpha value is -1.00. The molecule has 3 rings (SSSR count). The van der Waals surface area contributed by atoms with Crippen molar-refractivity contribution in [3.8, 4) is 0 Å². The average molecular weight is 280 g/mol. The number of benzene rings is 1. The first-order valence-electron chi connectivity index (χ1n) is 7.61. The summed E-state index contributed by atoms with van der Waals surface area (Å²) in [6, 6.07) is 4.54. The summed E-state index contributed by atoms with van der Waals surface area (Å²) in [5.74, 6) is -0.205. The van der Waals surface area contributed by atoms with Crippen molar-refractivity contribution in [2.45, 2.75) is 38.3 Å². The second-order valence-electron chi connectivity index (χ2n) is 6.09. The Morgan fingerprint density at radius 3 is 2.50 bits per heavy atom. The van der Waals surface area contributed by atoms with Gasteiger partial charge in [-0.2, -0.15) is 0 Å². The van der Waals surface area contributed by atoms with E-state index in [2.05, 4.69) is 10.2 Å². The molecule has 1 aromatic carbocycles. The van der Waals surface area contributed by atoms with Crippen molar-refractivity contribution < 1.29 is 8.78 Å². The van der Waals surface area contributed by atoms with Crippen LogP contribution in [0.15, 0.2) is 18.2 Å². The van der Waals surface area contributed by atoms with Crippen LogP contribution in [0.2, 0.25) is 0 Å². The minimum Gasteiger partial charge on any atom is -0.317 e. The quantitative estimate of drug-likeness (QED) is 0.892. The molecule has 0 unspecified atom stereocenters. The van der Waals surface area contributed by atoms with E-state index in [9.17, 15) is 8.78 Å². The van der Waals surface area contributed by atoms with Gasteiger partial charge in [0.2, 0.25) is 0 Å². The highest BCUT2D eigenvalue weighted by Crippen LogP contribution is 2.30. The molecule has 0 atom stereocenters. The summed E-state index contributed by atoms with van der Waals surface area (Å²) in [5.41, 5.74) is 0.618. The van der Waals surface area contributed by atoms with Gasteiger partial charge >= 0.3 is 0 Å². The van der Waals surface area contributed by atoms with Gasteiger partial charge in [-0.25, -0.2) is 8.78 Å². The summed E-state index contributed by atoms with van der Waals surface area (Å²) in [5, 5.41) is 3.38. The fourth-order valence-corrected chi connectivity index (χ4v) is 3.05. The van der Waals surface area contributed by atoms with Crippen molar-refractivity contribution in [2.24, 2.45) is 5.92 Å². The van der Waals surface area contributed by atoms with E-state index in [1.54, 1.807) is 6.07 Å².